The number of rotatable bonds is 5. The second-order valence-electron chi connectivity index (χ2n) is 5.79. The van der Waals surface area contributed by atoms with E-state index in [2.05, 4.69) is 9.97 Å². The Labute approximate surface area is 170 Å². The number of hydrogen-bond acceptors (Lipinski definition) is 3. The van der Waals surface area contributed by atoms with E-state index in [0.717, 1.165) is 11.1 Å². The van der Waals surface area contributed by atoms with E-state index in [-0.39, 0.29) is 11.4 Å². The number of thioether (sulfide) groups is 1. The third-order valence-corrected chi connectivity index (χ3v) is 5.34. The van der Waals surface area contributed by atoms with Gasteiger partial charge in [0.2, 0.25) is 0 Å². The number of halogens is 3. The number of hydrogen-bond donors (Lipinski definition) is 1. The molecule has 3 nitrogen and oxygen atoms in total. The van der Waals surface area contributed by atoms with Crippen molar-refractivity contribution in [2.75, 3.05) is 0 Å². The van der Waals surface area contributed by atoms with Crippen molar-refractivity contribution in [3.05, 3.63) is 96.5 Å². The molecule has 3 rings (SSSR count). The average Bonchev–Trinajstić information content (AvgIpc) is 2.64. The van der Waals surface area contributed by atoms with Crippen LogP contribution in [0.2, 0.25) is 10.0 Å². The van der Waals surface area contributed by atoms with Gasteiger partial charge in [0.05, 0.1) is 5.69 Å². The van der Waals surface area contributed by atoms with Gasteiger partial charge >= 0.3 is 0 Å². The lowest BCUT2D eigenvalue weighted by Crippen LogP contribution is -2.16. The van der Waals surface area contributed by atoms with Gasteiger partial charge in [0.25, 0.3) is 5.56 Å². The van der Waals surface area contributed by atoms with Crippen molar-refractivity contribution in [1.82, 2.24) is 9.97 Å². The van der Waals surface area contributed by atoms with Crippen LogP contribution in [0.1, 0.15) is 22.4 Å². The number of benzene rings is 2. The Morgan fingerprint density at radius 3 is 2.48 bits per heavy atom. The van der Waals surface area contributed by atoms with E-state index in [1.54, 1.807) is 42.7 Å². The molecule has 0 atom stereocenters. The van der Waals surface area contributed by atoms with Gasteiger partial charge < -0.3 is 4.98 Å². The topological polar surface area (TPSA) is 45.8 Å². The summed E-state index contributed by atoms with van der Waals surface area (Å²) < 4.78 is 12.9. The molecule has 0 saturated heterocycles. The Kier molecular flexibility index (Phi) is 6.37. The molecule has 0 spiro atoms. The van der Waals surface area contributed by atoms with Crippen LogP contribution in [0.15, 0.2) is 57.8 Å². The number of aromatic amines is 1. The first-order valence-electron chi connectivity index (χ1n) is 8.05. The van der Waals surface area contributed by atoms with Crippen LogP contribution >= 0.6 is 35.0 Å². The highest BCUT2D eigenvalue weighted by atomic mass is 35.5. The quantitative estimate of drug-likeness (QED) is 0.414. The molecule has 0 aliphatic heterocycles. The van der Waals surface area contributed by atoms with Crippen LogP contribution in [-0.2, 0) is 6.42 Å². The maximum Gasteiger partial charge on any atom is 0.254 e. The van der Waals surface area contributed by atoms with Crippen LogP contribution in [0.4, 0.5) is 4.39 Å². The van der Waals surface area contributed by atoms with Crippen LogP contribution in [-0.4, -0.2) is 9.97 Å². The molecule has 0 unspecified atom stereocenters. The van der Waals surface area contributed by atoms with Crippen molar-refractivity contribution in [2.45, 2.75) is 18.5 Å². The number of nitrogens with one attached hydrogen (secondary N) is 1. The van der Waals surface area contributed by atoms with E-state index < -0.39 is 0 Å². The highest BCUT2D eigenvalue weighted by Gasteiger charge is 2.12. The molecule has 3 aromatic rings. The minimum atomic E-state index is -0.285. The fraction of sp³-hybridized carbons (Fsp3) is 0.100. The largest absolute Gasteiger partial charge is 0.301 e. The average molecular weight is 421 g/mol. The first-order chi connectivity index (χ1) is 12.9. The Balaban J connectivity index is 1.83. The Hall–Kier alpha value is -2.08. The molecule has 0 radical (unpaired) electrons. The summed E-state index contributed by atoms with van der Waals surface area (Å²) >= 11 is 13.7. The van der Waals surface area contributed by atoms with E-state index in [1.165, 1.54) is 23.9 Å². The summed E-state index contributed by atoms with van der Waals surface area (Å²) in [6.45, 7) is 1.72. The fourth-order valence-corrected chi connectivity index (χ4v) is 3.60. The Morgan fingerprint density at radius 1 is 1.15 bits per heavy atom. The lowest BCUT2D eigenvalue weighted by molar-refractivity contribution is 0.628. The van der Waals surface area contributed by atoms with E-state index in [0.29, 0.717) is 32.9 Å². The summed E-state index contributed by atoms with van der Waals surface area (Å²) in [7, 11) is 0. The molecular formula is C20H15Cl2FN2OS. The van der Waals surface area contributed by atoms with Crippen molar-refractivity contribution < 1.29 is 4.39 Å². The molecule has 0 fully saturated rings. The molecule has 138 valence electrons. The fourth-order valence-electron chi connectivity index (χ4n) is 2.40. The monoisotopic (exact) mass is 420 g/mol. The second kappa shape index (κ2) is 8.74. The molecule has 2 aromatic carbocycles. The molecule has 0 aliphatic rings. The van der Waals surface area contributed by atoms with Crippen LogP contribution in [0.25, 0.3) is 6.08 Å². The highest BCUT2D eigenvalue weighted by Crippen LogP contribution is 2.27. The van der Waals surface area contributed by atoms with Gasteiger partial charge in [-0.15, -0.1) is 0 Å². The molecular weight excluding hydrogens is 406 g/mol. The summed E-state index contributed by atoms with van der Waals surface area (Å²) in [4.78, 5) is 19.5. The van der Waals surface area contributed by atoms with Crippen molar-refractivity contribution in [3.63, 3.8) is 0 Å². The second-order valence-corrected chi connectivity index (χ2v) is 7.50. The van der Waals surface area contributed by atoms with Gasteiger partial charge in [-0.3, -0.25) is 4.79 Å². The van der Waals surface area contributed by atoms with Crippen LogP contribution in [0.5, 0.6) is 0 Å². The van der Waals surface area contributed by atoms with Crippen molar-refractivity contribution in [3.8, 4) is 0 Å². The molecule has 27 heavy (non-hydrogen) atoms. The Morgan fingerprint density at radius 2 is 1.81 bits per heavy atom. The van der Waals surface area contributed by atoms with Gasteiger partial charge in [-0.25, -0.2) is 9.37 Å². The molecule has 0 bridgehead atoms. The number of aromatic nitrogens is 2. The van der Waals surface area contributed by atoms with Crippen LogP contribution in [0, 0.1) is 12.7 Å². The lowest BCUT2D eigenvalue weighted by Gasteiger charge is -2.09. The summed E-state index contributed by atoms with van der Waals surface area (Å²) in [5.41, 5.74) is 2.52. The predicted molar refractivity (Wildman–Crippen MR) is 110 cm³/mol. The van der Waals surface area contributed by atoms with Gasteiger partial charge in [0.15, 0.2) is 5.16 Å². The normalized spacial score (nSPS) is 11.3. The van der Waals surface area contributed by atoms with Gasteiger partial charge in [0.1, 0.15) is 5.82 Å². The maximum atomic E-state index is 12.9. The SMILES string of the molecule is Cc1c(Cc2c(Cl)cccc2Cl)nc(S/C=C/c2ccc(F)cc2)[nH]c1=O. The van der Waals surface area contributed by atoms with Crippen LogP contribution in [0.3, 0.4) is 0 Å². The summed E-state index contributed by atoms with van der Waals surface area (Å²) in [5.74, 6) is -0.285. The van der Waals surface area contributed by atoms with Gasteiger partial charge in [0, 0.05) is 22.0 Å². The summed E-state index contributed by atoms with van der Waals surface area (Å²) in [5, 5.41) is 3.32. The van der Waals surface area contributed by atoms with Crippen molar-refractivity contribution >= 4 is 41.0 Å². The third kappa shape index (κ3) is 5.01. The third-order valence-electron chi connectivity index (χ3n) is 3.95. The van der Waals surface area contributed by atoms with Crippen molar-refractivity contribution in [2.24, 2.45) is 0 Å². The zero-order chi connectivity index (χ0) is 19.4. The molecule has 1 aromatic heterocycles. The zero-order valence-corrected chi connectivity index (χ0v) is 16.6. The molecule has 7 heteroatoms. The van der Waals surface area contributed by atoms with E-state index in [9.17, 15) is 9.18 Å². The van der Waals surface area contributed by atoms with Gasteiger partial charge in [-0.1, -0.05) is 53.2 Å². The minimum Gasteiger partial charge on any atom is -0.301 e. The molecule has 1 heterocycles. The molecule has 1 N–H and O–H groups in total. The molecule has 0 amide bonds. The van der Waals surface area contributed by atoms with Crippen LogP contribution < -0.4 is 5.56 Å². The van der Waals surface area contributed by atoms with E-state index >= 15 is 0 Å². The number of nitrogens with zero attached hydrogens (tertiary/aromatic N) is 1. The first-order valence-corrected chi connectivity index (χ1v) is 9.69. The smallest absolute Gasteiger partial charge is 0.254 e. The van der Waals surface area contributed by atoms with Gasteiger partial charge in [-0.2, -0.15) is 0 Å². The van der Waals surface area contributed by atoms with E-state index in [1.807, 2.05) is 6.08 Å². The summed E-state index contributed by atoms with van der Waals surface area (Å²) in [6, 6.07) is 11.4. The van der Waals surface area contributed by atoms with Gasteiger partial charge in [-0.05, 0) is 53.8 Å². The minimum absolute atomic E-state index is 0.208. The van der Waals surface area contributed by atoms with Crippen molar-refractivity contribution in [1.29, 1.82) is 0 Å². The first kappa shape index (κ1) is 19.7. The standard InChI is InChI=1S/C20H15Cl2FN2OS/c1-12-18(11-15-16(21)3-2-4-17(15)22)24-20(25-19(12)26)27-10-9-13-5-7-14(23)8-6-13/h2-10H,11H2,1H3,(H,24,25,26)/b10-9+. The molecule has 0 saturated carbocycles. The zero-order valence-electron chi connectivity index (χ0n) is 14.3. The summed E-state index contributed by atoms with van der Waals surface area (Å²) in [6.07, 6.45) is 2.18. The van der Waals surface area contributed by atoms with E-state index in [4.69, 9.17) is 23.2 Å². The maximum absolute atomic E-state index is 12.9. The lowest BCUT2D eigenvalue weighted by atomic mass is 10.1. The molecule has 0 aliphatic carbocycles. The predicted octanol–water partition coefficient (Wildman–Crippen LogP) is 5.88. The number of H-pyrrole nitrogens is 1. The highest BCUT2D eigenvalue weighted by molar-refractivity contribution is 8.02. The Bertz CT molecular complexity index is 1030.